The molecule has 0 aromatic carbocycles. The van der Waals surface area contributed by atoms with Gasteiger partial charge in [-0.15, -0.1) is 0 Å². The Morgan fingerprint density at radius 1 is 1.60 bits per heavy atom. The zero-order chi connectivity index (χ0) is 7.56. The van der Waals surface area contributed by atoms with E-state index >= 15 is 0 Å². The molecule has 1 amide bonds. The van der Waals surface area contributed by atoms with E-state index in [-0.39, 0.29) is 11.8 Å². The summed E-state index contributed by atoms with van der Waals surface area (Å²) in [5.74, 6) is 4.38. The molecular formula is C6H12N2O2. The second-order valence-corrected chi connectivity index (χ2v) is 2.61. The molecule has 1 fully saturated rings. The lowest BCUT2D eigenvalue weighted by atomic mass is 10.1. The number of carbonyl (C=O) groups is 1. The van der Waals surface area contributed by atoms with Crippen molar-refractivity contribution < 1.29 is 9.90 Å². The Morgan fingerprint density at radius 3 is 2.70 bits per heavy atom. The summed E-state index contributed by atoms with van der Waals surface area (Å²) in [6.45, 7) is 0. The summed E-state index contributed by atoms with van der Waals surface area (Å²) in [6.07, 6.45) is 1.91. The lowest BCUT2D eigenvalue weighted by Gasteiger charge is -2.10. The van der Waals surface area contributed by atoms with E-state index in [4.69, 9.17) is 5.84 Å². The number of aliphatic hydroxyl groups excluding tert-OH is 1. The third kappa shape index (κ3) is 1.27. The smallest absolute Gasteiger partial charge is 0.239 e. The standard InChI is InChI=1S/C6H12N2O2/c7-8-6(10)4-2-1-3-5(4)9/h4-5,9H,1-3,7H2,(H,8,10)/t4-,5?/m0/s1. The van der Waals surface area contributed by atoms with Crippen LogP contribution in [0.3, 0.4) is 0 Å². The van der Waals surface area contributed by atoms with Gasteiger partial charge in [-0.2, -0.15) is 0 Å². The third-order valence-electron chi connectivity index (χ3n) is 1.96. The fourth-order valence-corrected chi connectivity index (χ4v) is 1.35. The van der Waals surface area contributed by atoms with Gasteiger partial charge in [0, 0.05) is 0 Å². The van der Waals surface area contributed by atoms with Crippen molar-refractivity contribution in [3.05, 3.63) is 0 Å². The second kappa shape index (κ2) is 2.98. The van der Waals surface area contributed by atoms with Gasteiger partial charge in [-0.25, -0.2) is 5.84 Å². The van der Waals surface area contributed by atoms with Crippen molar-refractivity contribution in [2.45, 2.75) is 25.4 Å². The molecule has 4 heteroatoms. The van der Waals surface area contributed by atoms with Gasteiger partial charge in [0.1, 0.15) is 0 Å². The fraction of sp³-hybridized carbons (Fsp3) is 0.833. The molecular weight excluding hydrogens is 132 g/mol. The molecule has 10 heavy (non-hydrogen) atoms. The highest BCUT2D eigenvalue weighted by atomic mass is 16.3. The lowest BCUT2D eigenvalue weighted by molar-refractivity contribution is -0.127. The molecule has 58 valence electrons. The number of nitrogens with one attached hydrogen (secondary N) is 1. The molecule has 4 N–H and O–H groups in total. The number of aliphatic hydroxyl groups is 1. The molecule has 1 saturated carbocycles. The quantitative estimate of drug-likeness (QED) is 0.254. The first kappa shape index (κ1) is 7.50. The van der Waals surface area contributed by atoms with Crippen LogP contribution in [0.2, 0.25) is 0 Å². The molecule has 4 nitrogen and oxygen atoms in total. The van der Waals surface area contributed by atoms with Crippen molar-refractivity contribution in [1.82, 2.24) is 5.43 Å². The summed E-state index contributed by atoms with van der Waals surface area (Å²) in [6, 6.07) is 0. The topological polar surface area (TPSA) is 75.3 Å². The third-order valence-corrected chi connectivity index (χ3v) is 1.96. The number of rotatable bonds is 1. The molecule has 0 aromatic heterocycles. The minimum absolute atomic E-state index is 0.245. The van der Waals surface area contributed by atoms with Crippen molar-refractivity contribution in [3.63, 3.8) is 0 Å². The van der Waals surface area contributed by atoms with Gasteiger partial charge in [-0.1, -0.05) is 0 Å². The summed E-state index contributed by atoms with van der Waals surface area (Å²) >= 11 is 0. The van der Waals surface area contributed by atoms with Gasteiger partial charge < -0.3 is 5.11 Å². The Hall–Kier alpha value is -0.610. The molecule has 1 aliphatic carbocycles. The number of amides is 1. The lowest BCUT2D eigenvalue weighted by Crippen LogP contribution is -2.38. The number of carbonyl (C=O) groups excluding carboxylic acids is 1. The molecule has 0 bridgehead atoms. The molecule has 0 spiro atoms. The Morgan fingerprint density at radius 2 is 2.30 bits per heavy atom. The van der Waals surface area contributed by atoms with Crippen LogP contribution in [0.5, 0.6) is 0 Å². The highest BCUT2D eigenvalue weighted by Gasteiger charge is 2.30. The van der Waals surface area contributed by atoms with E-state index in [1.54, 1.807) is 0 Å². The zero-order valence-electron chi connectivity index (χ0n) is 5.71. The van der Waals surface area contributed by atoms with E-state index in [1.807, 2.05) is 5.43 Å². The van der Waals surface area contributed by atoms with Crippen molar-refractivity contribution >= 4 is 5.91 Å². The first-order valence-electron chi connectivity index (χ1n) is 3.44. The van der Waals surface area contributed by atoms with Crippen LogP contribution in [0.4, 0.5) is 0 Å². The Kier molecular flexibility index (Phi) is 2.24. The van der Waals surface area contributed by atoms with E-state index < -0.39 is 6.10 Å². The van der Waals surface area contributed by atoms with Crippen molar-refractivity contribution in [2.75, 3.05) is 0 Å². The number of hydrazine groups is 1. The predicted octanol–water partition coefficient (Wildman–Crippen LogP) is -0.863. The van der Waals surface area contributed by atoms with Gasteiger partial charge in [0.2, 0.25) is 5.91 Å². The van der Waals surface area contributed by atoms with Gasteiger partial charge >= 0.3 is 0 Å². The molecule has 2 atom stereocenters. The van der Waals surface area contributed by atoms with Crippen LogP contribution in [-0.4, -0.2) is 17.1 Å². The summed E-state index contributed by atoms with van der Waals surface area (Å²) in [7, 11) is 0. The molecule has 1 unspecified atom stereocenters. The highest BCUT2D eigenvalue weighted by Crippen LogP contribution is 2.24. The molecule has 1 rings (SSSR count). The second-order valence-electron chi connectivity index (χ2n) is 2.61. The van der Waals surface area contributed by atoms with Gasteiger partial charge in [-0.3, -0.25) is 10.2 Å². The minimum Gasteiger partial charge on any atom is -0.392 e. The molecule has 0 saturated heterocycles. The average Bonchev–Trinajstić information content (AvgIpc) is 2.34. The van der Waals surface area contributed by atoms with E-state index in [1.165, 1.54) is 0 Å². The largest absolute Gasteiger partial charge is 0.392 e. The number of hydrogen-bond acceptors (Lipinski definition) is 3. The predicted molar refractivity (Wildman–Crippen MR) is 35.7 cm³/mol. The van der Waals surface area contributed by atoms with Gasteiger partial charge in [-0.05, 0) is 19.3 Å². The Bertz CT molecular complexity index is 138. The maximum atomic E-state index is 10.8. The highest BCUT2D eigenvalue weighted by molar-refractivity contribution is 5.78. The summed E-state index contributed by atoms with van der Waals surface area (Å²) < 4.78 is 0. The fourth-order valence-electron chi connectivity index (χ4n) is 1.35. The summed E-state index contributed by atoms with van der Waals surface area (Å²) in [4.78, 5) is 10.8. The molecule has 1 aliphatic rings. The van der Waals surface area contributed by atoms with Crippen molar-refractivity contribution in [3.8, 4) is 0 Å². The normalized spacial score (nSPS) is 32.2. The summed E-state index contributed by atoms with van der Waals surface area (Å²) in [5, 5.41) is 9.17. The molecule has 0 aromatic rings. The maximum absolute atomic E-state index is 10.8. The van der Waals surface area contributed by atoms with Gasteiger partial charge in [0.05, 0.1) is 12.0 Å². The van der Waals surface area contributed by atoms with Gasteiger partial charge in [0.25, 0.3) is 0 Å². The first-order chi connectivity index (χ1) is 4.75. The summed E-state index contributed by atoms with van der Waals surface area (Å²) in [5.41, 5.74) is 2.04. The van der Waals surface area contributed by atoms with Crippen LogP contribution >= 0.6 is 0 Å². The van der Waals surface area contributed by atoms with E-state index in [9.17, 15) is 9.90 Å². The van der Waals surface area contributed by atoms with Crippen LogP contribution < -0.4 is 11.3 Å². The van der Waals surface area contributed by atoms with Crippen LogP contribution in [0.1, 0.15) is 19.3 Å². The van der Waals surface area contributed by atoms with E-state index in [2.05, 4.69) is 0 Å². The van der Waals surface area contributed by atoms with Gasteiger partial charge in [0.15, 0.2) is 0 Å². The van der Waals surface area contributed by atoms with Crippen LogP contribution in [0, 0.1) is 5.92 Å². The maximum Gasteiger partial charge on any atom is 0.239 e. The zero-order valence-corrected chi connectivity index (χ0v) is 5.71. The molecule has 0 radical (unpaired) electrons. The van der Waals surface area contributed by atoms with Crippen LogP contribution in [-0.2, 0) is 4.79 Å². The van der Waals surface area contributed by atoms with E-state index in [0.717, 1.165) is 19.3 Å². The Balaban J connectivity index is 2.46. The SMILES string of the molecule is NNC(=O)[C@H]1CCCC1O. The molecule has 0 aliphatic heterocycles. The first-order valence-corrected chi connectivity index (χ1v) is 3.44. The van der Waals surface area contributed by atoms with Crippen LogP contribution in [0.25, 0.3) is 0 Å². The minimum atomic E-state index is -0.483. The van der Waals surface area contributed by atoms with Crippen molar-refractivity contribution in [2.24, 2.45) is 11.8 Å². The number of nitrogens with two attached hydrogens (primary N) is 1. The average molecular weight is 144 g/mol. The number of hydrogen-bond donors (Lipinski definition) is 3. The van der Waals surface area contributed by atoms with E-state index in [0.29, 0.717) is 0 Å². The Labute approximate surface area is 59.4 Å². The molecule has 0 heterocycles. The monoisotopic (exact) mass is 144 g/mol. The van der Waals surface area contributed by atoms with Crippen LogP contribution in [0.15, 0.2) is 0 Å². The van der Waals surface area contributed by atoms with Crippen molar-refractivity contribution in [1.29, 1.82) is 0 Å².